The summed E-state index contributed by atoms with van der Waals surface area (Å²) in [7, 11) is 4.46. The number of benzene rings is 2. The second-order valence-electron chi connectivity index (χ2n) is 11.0. The SMILES string of the molecule is CC(C)(C)CC(C)(C)c1ccc(OCCOCC[N+](C)(C)Cc2ccccc2)c(Cl)c1. The van der Waals surface area contributed by atoms with E-state index in [4.69, 9.17) is 21.1 Å². The molecule has 0 atom stereocenters. The van der Waals surface area contributed by atoms with Crippen LogP contribution in [0.25, 0.3) is 0 Å². The van der Waals surface area contributed by atoms with E-state index in [0.29, 0.717) is 24.8 Å². The van der Waals surface area contributed by atoms with E-state index < -0.39 is 0 Å². The normalized spacial score (nSPS) is 12.8. The average molecular weight is 447 g/mol. The molecule has 0 heterocycles. The largest absolute Gasteiger partial charge is 0.490 e. The van der Waals surface area contributed by atoms with Gasteiger partial charge < -0.3 is 14.0 Å². The third-order valence-corrected chi connectivity index (χ3v) is 5.76. The van der Waals surface area contributed by atoms with Crippen LogP contribution >= 0.6 is 11.6 Å². The smallest absolute Gasteiger partial charge is 0.138 e. The molecule has 4 heteroatoms. The molecule has 0 unspecified atom stereocenters. The van der Waals surface area contributed by atoms with Crippen molar-refractivity contribution in [3.05, 3.63) is 64.7 Å². The van der Waals surface area contributed by atoms with Crippen LogP contribution in [0.1, 0.15) is 52.2 Å². The first kappa shape index (κ1) is 25.7. The maximum atomic E-state index is 6.52. The van der Waals surface area contributed by atoms with Crippen LogP contribution in [0, 0.1) is 5.41 Å². The third-order valence-electron chi connectivity index (χ3n) is 5.47. The van der Waals surface area contributed by atoms with Crippen LogP contribution < -0.4 is 4.74 Å². The Kier molecular flexibility index (Phi) is 9.00. The van der Waals surface area contributed by atoms with E-state index >= 15 is 0 Å². The molecule has 0 radical (unpaired) electrons. The highest BCUT2D eigenvalue weighted by molar-refractivity contribution is 6.32. The number of hydrogen-bond donors (Lipinski definition) is 0. The Balaban J connectivity index is 1.75. The van der Waals surface area contributed by atoms with Gasteiger partial charge in [0, 0.05) is 5.56 Å². The van der Waals surface area contributed by atoms with Crippen molar-refractivity contribution in [2.24, 2.45) is 5.41 Å². The lowest BCUT2D eigenvalue weighted by Gasteiger charge is -2.33. The summed E-state index contributed by atoms with van der Waals surface area (Å²) in [5.74, 6) is 0.723. The summed E-state index contributed by atoms with van der Waals surface area (Å²) in [6, 6.07) is 16.8. The summed E-state index contributed by atoms with van der Waals surface area (Å²) in [5, 5.41) is 0.667. The molecule has 0 aromatic heterocycles. The van der Waals surface area contributed by atoms with E-state index in [1.165, 1.54) is 11.1 Å². The third kappa shape index (κ3) is 9.22. The van der Waals surface area contributed by atoms with E-state index in [9.17, 15) is 0 Å². The van der Waals surface area contributed by atoms with Crippen molar-refractivity contribution in [3.8, 4) is 5.75 Å². The molecule has 0 aliphatic carbocycles. The van der Waals surface area contributed by atoms with E-state index in [1.54, 1.807) is 0 Å². The minimum absolute atomic E-state index is 0.0638. The Morgan fingerprint density at radius 1 is 0.871 bits per heavy atom. The first-order valence-corrected chi connectivity index (χ1v) is 11.6. The molecular formula is C27H41ClNO2+. The highest BCUT2D eigenvalue weighted by Crippen LogP contribution is 2.38. The molecule has 172 valence electrons. The Hall–Kier alpha value is -1.55. The molecular weight excluding hydrogens is 406 g/mol. The van der Waals surface area contributed by atoms with Crippen LogP contribution in [-0.2, 0) is 16.7 Å². The van der Waals surface area contributed by atoms with Crippen molar-refractivity contribution < 1.29 is 14.0 Å². The number of nitrogens with zero attached hydrogens (tertiary/aromatic N) is 1. The minimum atomic E-state index is 0.0638. The lowest BCUT2D eigenvalue weighted by atomic mass is 9.72. The van der Waals surface area contributed by atoms with Gasteiger partial charge in [0.05, 0.1) is 32.3 Å². The molecule has 0 fully saturated rings. The van der Waals surface area contributed by atoms with Gasteiger partial charge in [-0.3, -0.25) is 0 Å². The van der Waals surface area contributed by atoms with Gasteiger partial charge in [-0.15, -0.1) is 0 Å². The summed E-state index contributed by atoms with van der Waals surface area (Å²) in [6.45, 7) is 15.1. The molecule has 2 aromatic rings. The average Bonchev–Trinajstić information content (AvgIpc) is 2.64. The fourth-order valence-corrected chi connectivity index (χ4v) is 4.48. The molecule has 0 N–H and O–H groups in total. The molecule has 0 bridgehead atoms. The number of rotatable bonds is 11. The topological polar surface area (TPSA) is 18.5 Å². The van der Waals surface area contributed by atoms with Gasteiger partial charge in [-0.1, -0.05) is 82.6 Å². The fraction of sp³-hybridized carbons (Fsp3) is 0.556. The van der Waals surface area contributed by atoms with Gasteiger partial charge >= 0.3 is 0 Å². The van der Waals surface area contributed by atoms with E-state index in [1.807, 2.05) is 12.1 Å². The van der Waals surface area contributed by atoms with Crippen molar-refractivity contribution in [2.45, 2.75) is 53.0 Å². The van der Waals surface area contributed by atoms with Crippen LogP contribution in [0.5, 0.6) is 5.75 Å². The zero-order valence-electron chi connectivity index (χ0n) is 20.5. The second-order valence-corrected chi connectivity index (χ2v) is 11.4. The number of ether oxygens (including phenoxy) is 2. The van der Waals surface area contributed by atoms with Crippen LogP contribution in [0.4, 0.5) is 0 Å². The van der Waals surface area contributed by atoms with Gasteiger partial charge in [0.25, 0.3) is 0 Å². The number of likely N-dealkylation sites (N-methyl/N-ethyl adjacent to an activating group) is 1. The zero-order valence-corrected chi connectivity index (χ0v) is 21.3. The predicted octanol–water partition coefficient (Wildman–Crippen LogP) is 6.73. The van der Waals surface area contributed by atoms with Gasteiger partial charge in [-0.25, -0.2) is 0 Å². The lowest BCUT2D eigenvalue weighted by molar-refractivity contribution is -0.904. The monoisotopic (exact) mass is 446 g/mol. The summed E-state index contributed by atoms with van der Waals surface area (Å²) < 4.78 is 12.6. The fourth-order valence-electron chi connectivity index (χ4n) is 4.25. The maximum absolute atomic E-state index is 6.52. The minimum Gasteiger partial charge on any atom is -0.490 e. The van der Waals surface area contributed by atoms with Crippen LogP contribution in [0.3, 0.4) is 0 Å². The molecule has 0 saturated heterocycles. The Morgan fingerprint density at radius 2 is 1.55 bits per heavy atom. The molecule has 31 heavy (non-hydrogen) atoms. The quantitative estimate of drug-likeness (QED) is 0.281. The highest BCUT2D eigenvalue weighted by atomic mass is 35.5. The number of hydrogen-bond acceptors (Lipinski definition) is 2. The van der Waals surface area contributed by atoms with Gasteiger partial charge in [0.1, 0.15) is 25.4 Å². The molecule has 0 spiro atoms. The van der Waals surface area contributed by atoms with Crippen LogP contribution in [0.2, 0.25) is 5.02 Å². The second kappa shape index (κ2) is 10.8. The first-order chi connectivity index (χ1) is 14.4. The summed E-state index contributed by atoms with van der Waals surface area (Å²) in [6.07, 6.45) is 1.09. The van der Waals surface area contributed by atoms with Gasteiger partial charge in [-0.05, 0) is 34.9 Å². The first-order valence-electron chi connectivity index (χ1n) is 11.2. The van der Waals surface area contributed by atoms with Crippen molar-refractivity contribution in [1.29, 1.82) is 0 Å². The summed E-state index contributed by atoms with van der Waals surface area (Å²) >= 11 is 6.52. The predicted molar refractivity (Wildman–Crippen MR) is 132 cm³/mol. The molecule has 0 aliphatic rings. The van der Waals surface area contributed by atoms with E-state index in [0.717, 1.165) is 29.7 Å². The standard InChI is InChI=1S/C27H41ClNO2/c1-26(2,3)21-27(4,5)23-13-14-25(24(28)19-23)31-18-17-30-16-15-29(6,7)20-22-11-9-8-10-12-22/h8-14,19H,15-18,20-21H2,1-7H3/q+1. The molecule has 0 aliphatic heterocycles. The molecule has 3 nitrogen and oxygen atoms in total. The highest BCUT2D eigenvalue weighted by Gasteiger charge is 2.27. The van der Waals surface area contributed by atoms with E-state index in [2.05, 4.69) is 85.1 Å². The lowest BCUT2D eigenvalue weighted by Crippen LogP contribution is -2.41. The van der Waals surface area contributed by atoms with Gasteiger partial charge in [0.2, 0.25) is 0 Å². The van der Waals surface area contributed by atoms with Crippen molar-refractivity contribution in [2.75, 3.05) is 40.5 Å². The zero-order chi connectivity index (χ0) is 23.1. The number of quaternary nitrogens is 1. The molecule has 0 saturated carbocycles. The Bertz CT molecular complexity index is 810. The maximum Gasteiger partial charge on any atom is 0.138 e. The Morgan fingerprint density at radius 3 is 2.16 bits per heavy atom. The van der Waals surface area contributed by atoms with Gasteiger partial charge in [-0.2, -0.15) is 0 Å². The van der Waals surface area contributed by atoms with Crippen LogP contribution in [0.15, 0.2) is 48.5 Å². The van der Waals surface area contributed by atoms with Crippen molar-refractivity contribution in [3.63, 3.8) is 0 Å². The van der Waals surface area contributed by atoms with Crippen molar-refractivity contribution >= 4 is 11.6 Å². The summed E-state index contributed by atoms with van der Waals surface area (Å²) in [4.78, 5) is 0. The van der Waals surface area contributed by atoms with Crippen molar-refractivity contribution in [1.82, 2.24) is 0 Å². The van der Waals surface area contributed by atoms with E-state index in [-0.39, 0.29) is 10.8 Å². The molecule has 2 rings (SSSR count). The number of halogens is 1. The van der Waals surface area contributed by atoms with Crippen LogP contribution in [-0.4, -0.2) is 44.9 Å². The summed E-state index contributed by atoms with van der Waals surface area (Å²) in [5.41, 5.74) is 2.92. The van der Waals surface area contributed by atoms with Gasteiger partial charge in [0.15, 0.2) is 0 Å². The molecule has 0 amide bonds. The Labute approximate surface area is 194 Å². The molecule has 2 aromatic carbocycles.